The van der Waals surface area contributed by atoms with E-state index in [9.17, 15) is 0 Å². The molecule has 4 rings (SSSR count). The van der Waals surface area contributed by atoms with Gasteiger partial charge in [0.05, 0.1) is 23.1 Å². The number of hydrogen-bond donors (Lipinski definition) is 1. The van der Waals surface area contributed by atoms with Crippen molar-refractivity contribution >= 4 is 10.9 Å². The molecule has 1 aliphatic carbocycles. The summed E-state index contributed by atoms with van der Waals surface area (Å²) in [6.45, 7) is 2.63. The first kappa shape index (κ1) is 11.5. The normalized spacial score (nSPS) is 14.8. The summed E-state index contributed by atoms with van der Waals surface area (Å²) in [5, 5.41) is 15.5. The first-order valence-electron chi connectivity index (χ1n) is 6.88. The van der Waals surface area contributed by atoms with Gasteiger partial charge in [0, 0.05) is 12.2 Å². The van der Waals surface area contributed by atoms with Gasteiger partial charge in [0.25, 0.3) is 0 Å². The fourth-order valence-electron chi connectivity index (χ4n) is 2.65. The van der Waals surface area contributed by atoms with Crippen LogP contribution in [0.5, 0.6) is 5.75 Å². The number of nitrogens with zero attached hydrogens (tertiary/aromatic N) is 4. The molecule has 0 spiro atoms. The molecule has 6 nitrogen and oxygen atoms in total. The Bertz CT molecular complexity index is 742. The molecular formula is C14H15N5O. The van der Waals surface area contributed by atoms with E-state index in [0.717, 1.165) is 16.7 Å². The lowest BCUT2D eigenvalue weighted by molar-refractivity contribution is 0.344. The number of benzene rings is 1. The molecule has 0 amide bonds. The van der Waals surface area contributed by atoms with E-state index >= 15 is 0 Å². The van der Waals surface area contributed by atoms with Crippen molar-refractivity contribution in [1.82, 2.24) is 25.2 Å². The van der Waals surface area contributed by atoms with Crippen molar-refractivity contribution in [1.29, 1.82) is 0 Å². The minimum absolute atomic E-state index is 0.593. The fraction of sp³-hybridized carbons (Fsp3) is 0.357. The summed E-state index contributed by atoms with van der Waals surface area (Å²) in [6, 6.07) is 6.74. The van der Waals surface area contributed by atoms with Crippen LogP contribution in [-0.2, 0) is 0 Å². The van der Waals surface area contributed by atoms with Crippen molar-refractivity contribution in [2.24, 2.45) is 0 Å². The molecule has 1 saturated carbocycles. The number of aromatic amines is 1. The van der Waals surface area contributed by atoms with E-state index in [-0.39, 0.29) is 0 Å². The SMILES string of the molecule is CCOc1cccc2c1c(-c1nn[nH]n1)cn2C1CC1. The molecule has 1 N–H and O–H groups in total. The van der Waals surface area contributed by atoms with Crippen molar-refractivity contribution in [2.75, 3.05) is 6.61 Å². The first-order valence-corrected chi connectivity index (χ1v) is 6.88. The third kappa shape index (κ3) is 1.68. The average Bonchev–Trinajstić information content (AvgIpc) is 3.02. The first-order chi connectivity index (χ1) is 9.88. The van der Waals surface area contributed by atoms with Gasteiger partial charge in [-0.1, -0.05) is 6.07 Å². The number of ether oxygens (including phenoxy) is 1. The molecule has 0 bridgehead atoms. The van der Waals surface area contributed by atoms with Gasteiger partial charge < -0.3 is 9.30 Å². The Morgan fingerprint density at radius 1 is 1.40 bits per heavy atom. The number of hydrogen-bond acceptors (Lipinski definition) is 4. The Balaban J connectivity index is 2.01. The maximum Gasteiger partial charge on any atom is 0.206 e. The molecule has 0 radical (unpaired) electrons. The van der Waals surface area contributed by atoms with Crippen molar-refractivity contribution < 1.29 is 4.74 Å². The summed E-state index contributed by atoms with van der Waals surface area (Å²) in [5.74, 6) is 1.49. The molecule has 102 valence electrons. The molecule has 0 saturated heterocycles. The second-order valence-electron chi connectivity index (χ2n) is 5.00. The third-order valence-electron chi connectivity index (χ3n) is 3.65. The van der Waals surface area contributed by atoms with E-state index in [0.29, 0.717) is 18.5 Å². The predicted molar refractivity (Wildman–Crippen MR) is 74.5 cm³/mol. The van der Waals surface area contributed by atoms with Crippen LogP contribution in [0.3, 0.4) is 0 Å². The number of nitrogens with one attached hydrogen (secondary N) is 1. The summed E-state index contributed by atoms with van der Waals surface area (Å²) in [5.41, 5.74) is 2.16. The summed E-state index contributed by atoms with van der Waals surface area (Å²) < 4.78 is 8.08. The molecule has 1 aliphatic rings. The van der Waals surface area contributed by atoms with E-state index in [1.807, 2.05) is 19.1 Å². The predicted octanol–water partition coefficient (Wildman–Crippen LogP) is 2.56. The monoisotopic (exact) mass is 269 g/mol. The quantitative estimate of drug-likeness (QED) is 0.790. The summed E-state index contributed by atoms with van der Waals surface area (Å²) >= 11 is 0. The van der Waals surface area contributed by atoms with Gasteiger partial charge in [0.2, 0.25) is 5.82 Å². The Labute approximate surface area is 115 Å². The Morgan fingerprint density at radius 2 is 2.30 bits per heavy atom. The maximum absolute atomic E-state index is 5.77. The number of H-pyrrole nitrogens is 1. The van der Waals surface area contributed by atoms with Crippen molar-refractivity contribution in [3.63, 3.8) is 0 Å². The molecule has 6 heteroatoms. The maximum atomic E-state index is 5.77. The molecule has 2 aromatic heterocycles. The minimum Gasteiger partial charge on any atom is -0.493 e. The zero-order valence-electron chi connectivity index (χ0n) is 11.2. The van der Waals surface area contributed by atoms with Gasteiger partial charge >= 0.3 is 0 Å². The van der Waals surface area contributed by atoms with Gasteiger partial charge in [-0.2, -0.15) is 5.21 Å². The van der Waals surface area contributed by atoms with Gasteiger partial charge in [-0.3, -0.25) is 0 Å². The second kappa shape index (κ2) is 4.33. The van der Waals surface area contributed by atoms with Crippen LogP contribution in [0.15, 0.2) is 24.4 Å². The van der Waals surface area contributed by atoms with E-state index in [2.05, 4.69) is 37.5 Å². The molecule has 0 unspecified atom stereocenters. The van der Waals surface area contributed by atoms with Crippen LogP contribution in [0.2, 0.25) is 0 Å². The number of fused-ring (bicyclic) bond motifs is 1. The lowest BCUT2D eigenvalue weighted by Gasteiger charge is -2.07. The standard InChI is InChI=1S/C14H15N5O/c1-2-20-12-5-3-4-11-13(12)10(14-15-17-18-16-14)8-19(11)9-6-7-9/h3-5,8-9H,2,6-7H2,1H3,(H,15,16,17,18). The third-order valence-corrected chi connectivity index (χ3v) is 3.65. The molecule has 1 fully saturated rings. The molecule has 0 atom stereocenters. The van der Waals surface area contributed by atoms with Crippen molar-refractivity contribution in [2.45, 2.75) is 25.8 Å². The highest BCUT2D eigenvalue weighted by Gasteiger charge is 2.27. The van der Waals surface area contributed by atoms with E-state index < -0.39 is 0 Å². The van der Waals surface area contributed by atoms with Crippen LogP contribution < -0.4 is 4.74 Å². The molecule has 2 heterocycles. The molecule has 20 heavy (non-hydrogen) atoms. The lowest BCUT2D eigenvalue weighted by Crippen LogP contribution is -1.93. The molecule has 0 aliphatic heterocycles. The van der Waals surface area contributed by atoms with Gasteiger partial charge in [0.1, 0.15) is 5.75 Å². The lowest BCUT2D eigenvalue weighted by atomic mass is 10.1. The summed E-state index contributed by atoms with van der Waals surface area (Å²) in [4.78, 5) is 0. The van der Waals surface area contributed by atoms with E-state index in [1.54, 1.807) is 0 Å². The average molecular weight is 269 g/mol. The zero-order chi connectivity index (χ0) is 13.5. The van der Waals surface area contributed by atoms with Gasteiger partial charge in [-0.15, -0.1) is 10.2 Å². The van der Waals surface area contributed by atoms with Crippen molar-refractivity contribution in [3.05, 3.63) is 24.4 Å². The molecule has 1 aromatic carbocycles. The number of aromatic nitrogens is 5. The van der Waals surface area contributed by atoms with Crippen LogP contribution in [0.25, 0.3) is 22.3 Å². The minimum atomic E-state index is 0.593. The summed E-state index contributed by atoms with van der Waals surface area (Å²) in [6.07, 6.45) is 4.58. The number of tetrazole rings is 1. The van der Waals surface area contributed by atoms with Crippen LogP contribution in [0, 0.1) is 0 Å². The van der Waals surface area contributed by atoms with Gasteiger partial charge in [0.15, 0.2) is 0 Å². The number of rotatable bonds is 4. The van der Waals surface area contributed by atoms with Gasteiger partial charge in [-0.25, -0.2) is 0 Å². The second-order valence-corrected chi connectivity index (χ2v) is 5.00. The largest absolute Gasteiger partial charge is 0.493 e. The van der Waals surface area contributed by atoms with E-state index in [1.165, 1.54) is 18.4 Å². The highest BCUT2D eigenvalue weighted by Crippen LogP contribution is 2.43. The molecular weight excluding hydrogens is 254 g/mol. The van der Waals surface area contributed by atoms with E-state index in [4.69, 9.17) is 4.74 Å². The van der Waals surface area contributed by atoms with Crippen LogP contribution >= 0.6 is 0 Å². The molecule has 3 aromatic rings. The topological polar surface area (TPSA) is 68.6 Å². The van der Waals surface area contributed by atoms with Crippen molar-refractivity contribution in [3.8, 4) is 17.1 Å². The zero-order valence-corrected chi connectivity index (χ0v) is 11.2. The Hall–Kier alpha value is -2.37. The highest BCUT2D eigenvalue weighted by atomic mass is 16.5. The van der Waals surface area contributed by atoms with Crippen LogP contribution in [0.1, 0.15) is 25.8 Å². The Kier molecular flexibility index (Phi) is 2.48. The smallest absolute Gasteiger partial charge is 0.206 e. The Morgan fingerprint density at radius 3 is 3.00 bits per heavy atom. The highest BCUT2D eigenvalue weighted by molar-refractivity contribution is 5.99. The van der Waals surface area contributed by atoms with Gasteiger partial charge in [-0.05, 0) is 37.1 Å². The van der Waals surface area contributed by atoms with Crippen LogP contribution in [-0.4, -0.2) is 31.8 Å². The fourth-order valence-corrected chi connectivity index (χ4v) is 2.65. The van der Waals surface area contributed by atoms with Crippen LogP contribution in [0.4, 0.5) is 0 Å². The summed E-state index contributed by atoms with van der Waals surface area (Å²) in [7, 11) is 0.